The van der Waals surface area contributed by atoms with Crippen LogP contribution in [0.25, 0.3) is 0 Å². The Morgan fingerprint density at radius 2 is 1.95 bits per heavy atom. The van der Waals surface area contributed by atoms with Crippen LogP contribution in [0, 0.1) is 0 Å². The van der Waals surface area contributed by atoms with Crippen molar-refractivity contribution in [2.75, 3.05) is 20.7 Å². The number of halogens is 1. The number of nitrogens with two attached hydrogens (primary N) is 1. The number of aromatic nitrogens is 1. The largest absolute Gasteiger partial charge is 0.481 e. The van der Waals surface area contributed by atoms with Crippen LogP contribution in [0.1, 0.15) is 17.2 Å². The number of benzene rings is 1. The van der Waals surface area contributed by atoms with Gasteiger partial charge in [-0.05, 0) is 30.3 Å². The summed E-state index contributed by atoms with van der Waals surface area (Å²) in [6, 6.07) is 12.3. The molecule has 0 radical (unpaired) electrons. The SMILES string of the molecule is COc1ccc(C(CN)N(C)Cc2ccc(Br)cc2)cn1. The number of pyridine rings is 1. The molecule has 0 amide bonds. The molecule has 1 aromatic carbocycles. The molecule has 5 heteroatoms. The average Bonchev–Trinajstić information content (AvgIpc) is 2.51. The standard InChI is InChI=1S/C16H20BrN3O/c1-20(11-12-3-6-14(17)7-4-12)15(9-18)13-5-8-16(21-2)19-10-13/h3-8,10,15H,9,11,18H2,1-2H3. The average molecular weight is 350 g/mol. The lowest BCUT2D eigenvalue weighted by Gasteiger charge is -2.27. The fraction of sp³-hybridized carbons (Fsp3) is 0.312. The lowest BCUT2D eigenvalue weighted by Crippen LogP contribution is -2.30. The van der Waals surface area contributed by atoms with Gasteiger partial charge in [0.2, 0.25) is 5.88 Å². The molecule has 0 saturated carbocycles. The van der Waals surface area contributed by atoms with Gasteiger partial charge in [-0.25, -0.2) is 4.98 Å². The van der Waals surface area contributed by atoms with E-state index in [9.17, 15) is 0 Å². The molecule has 0 aliphatic heterocycles. The molecule has 1 unspecified atom stereocenters. The molecule has 4 nitrogen and oxygen atoms in total. The van der Waals surface area contributed by atoms with Crippen LogP contribution in [0.4, 0.5) is 0 Å². The van der Waals surface area contributed by atoms with E-state index in [-0.39, 0.29) is 6.04 Å². The minimum atomic E-state index is 0.132. The van der Waals surface area contributed by atoms with Gasteiger partial charge in [-0.15, -0.1) is 0 Å². The maximum atomic E-state index is 5.95. The summed E-state index contributed by atoms with van der Waals surface area (Å²) in [6.07, 6.45) is 1.83. The van der Waals surface area contributed by atoms with Gasteiger partial charge < -0.3 is 10.5 Å². The molecule has 1 heterocycles. The van der Waals surface area contributed by atoms with Crippen LogP contribution in [0.5, 0.6) is 5.88 Å². The van der Waals surface area contributed by atoms with Crippen molar-refractivity contribution in [1.29, 1.82) is 0 Å². The zero-order valence-corrected chi connectivity index (χ0v) is 13.9. The van der Waals surface area contributed by atoms with E-state index < -0.39 is 0 Å². The van der Waals surface area contributed by atoms with Crippen LogP contribution in [-0.2, 0) is 6.54 Å². The molecular formula is C16H20BrN3O. The van der Waals surface area contributed by atoms with E-state index in [1.807, 2.05) is 18.3 Å². The van der Waals surface area contributed by atoms with Gasteiger partial charge in [0, 0.05) is 35.9 Å². The molecule has 21 heavy (non-hydrogen) atoms. The minimum Gasteiger partial charge on any atom is -0.481 e. The second-order valence-electron chi connectivity index (χ2n) is 4.93. The van der Waals surface area contributed by atoms with Gasteiger partial charge in [0.25, 0.3) is 0 Å². The quantitative estimate of drug-likeness (QED) is 0.870. The lowest BCUT2D eigenvalue weighted by atomic mass is 10.1. The number of rotatable bonds is 6. The van der Waals surface area contributed by atoms with Crippen molar-refractivity contribution in [1.82, 2.24) is 9.88 Å². The number of hydrogen-bond acceptors (Lipinski definition) is 4. The number of likely N-dealkylation sites (N-methyl/N-ethyl adjacent to an activating group) is 1. The monoisotopic (exact) mass is 349 g/mol. The summed E-state index contributed by atoms with van der Waals surface area (Å²) >= 11 is 3.45. The van der Waals surface area contributed by atoms with Crippen molar-refractivity contribution in [3.8, 4) is 5.88 Å². The van der Waals surface area contributed by atoms with Crippen LogP contribution in [0.3, 0.4) is 0 Å². The topological polar surface area (TPSA) is 51.4 Å². The number of nitrogens with zero attached hydrogens (tertiary/aromatic N) is 2. The van der Waals surface area contributed by atoms with Crippen LogP contribution in [-0.4, -0.2) is 30.6 Å². The number of ether oxygens (including phenoxy) is 1. The molecule has 0 bridgehead atoms. The highest BCUT2D eigenvalue weighted by Gasteiger charge is 2.16. The van der Waals surface area contributed by atoms with Crippen LogP contribution in [0.2, 0.25) is 0 Å². The Labute approximate surface area is 134 Å². The summed E-state index contributed by atoms with van der Waals surface area (Å²) < 4.78 is 6.18. The maximum absolute atomic E-state index is 5.95. The number of hydrogen-bond donors (Lipinski definition) is 1. The van der Waals surface area contributed by atoms with Gasteiger partial charge in [-0.3, -0.25) is 4.90 Å². The molecule has 0 spiro atoms. The third kappa shape index (κ3) is 4.27. The zero-order valence-electron chi connectivity index (χ0n) is 12.3. The van der Waals surface area contributed by atoms with Gasteiger partial charge in [-0.1, -0.05) is 34.1 Å². The first kappa shape index (κ1) is 15.9. The van der Waals surface area contributed by atoms with Crippen LogP contribution in [0.15, 0.2) is 47.1 Å². The smallest absolute Gasteiger partial charge is 0.212 e. The summed E-state index contributed by atoms with van der Waals surface area (Å²) in [5.74, 6) is 0.616. The normalized spacial score (nSPS) is 12.4. The Bertz CT molecular complexity index is 557. The third-order valence-corrected chi connectivity index (χ3v) is 3.98. The van der Waals surface area contributed by atoms with Crippen LogP contribution >= 0.6 is 15.9 Å². The van der Waals surface area contributed by atoms with E-state index in [0.717, 1.165) is 16.6 Å². The summed E-state index contributed by atoms with van der Waals surface area (Å²) in [7, 11) is 3.69. The Morgan fingerprint density at radius 1 is 1.24 bits per heavy atom. The predicted octanol–water partition coefficient (Wildman–Crippen LogP) is 2.98. The van der Waals surface area contributed by atoms with Crippen molar-refractivity contribution in [2.45, 2.75) is 12.6 Å². The van der Waals surface area contributed by atoms with E-state index >= 15 is 0 Å². The summed E-state index contributed by atoms with van der Waals surface area (Å²) in [5.41, 5.74) is 8.29. The number of methoxy groups -OCH3 is 1. The molecule has 0 aliphatic carbocycles. The highest BCUT2D eigenvalue weighted by molar-refractivity contribution is 9.10. The van der Waals surface area contributed by atoms with Crippen molar-refractivity contribution in [3.63, 3.8) is 0 Å². The predicted molar refractivity (Wildman–Crippen MR) is 88.2 cm³/mol. The first-order valence-electron chi connectivity index (χ1n) is 6.78. The molecule has 0 fully saturated rings. The van der Waals surface area contributed by atoms with Crippen molar-refractivity contribution >= 4 is 15.9 Å². The van der Waals surface area contributed by atoms with E-state index in [1.165, 1.54) is 5.56 Å². The first-order valence-corrected chi connectivity index (χ1v) is 7.58. The lowest BCUT2D eigenvalue weighted by molar-refractivity contribution is 0.241. The molecule has 1 aromatic heterocycles. The molecular weight excluding hydrogens is 330 g/mol. The molecule has 2 rings (SSSR count). The highest BCUT2D eigenvalue weighted by Crippen LogP contribution is 2.21. The second-order valence-corrected chi connectivity index (χ2v) is 5.84. The summed E-state index contributed by atoms with van der Waals surface area (Å²) in [5, 5.41) is 0. The van der Waals surface area contributed by atoms with E-state index in [0.29, 0.717) is 12.4 Å². The minimum absolute atomic E-state index is 0.132. The maximum Gasteiger partial charge on any atom is 0.212 e. The molecule has 0 aliphatic rings. The third-order valence-electron chi connectivity index (χ3n) is 3.45. The zero-order chi connectivity index (χ0) is 15.2. The first-order chi connectivity index (χ1) is 10.1. The molecule has 2 aromatic rings. The van der Waals surface area contributed by atoms with Crippen molar-refractivity contribution in [3.05, 3.63) is 58.2 Å². The van der Waals surface area contributed by atoms with Gasteiger partial charge in [0.1, 0.15) is 0 Å². The van der Waals surface area contributed by atoms with E-state index in [1.54, 1.807) is 7.11 Å². The Morgan fingerprint density at radius 3 is 2.48 bits per heavy atom. The highest BCUT2D eigenvalue weighted by atomic mass is 79.9. The van der Waals surface area contributed by atoms with E-state index in [2.05, 4.69) is 57.1 Å². The Balaban J connectivity index is 2.09. The van der Waals surface area contributed by atoms with Gasteiger partial charge in [0.15, 0.2) is 0 Å². The molecule has 0 saturated heterocycles. The molecule has 2 N–H and O–H groups in total. The van der Waals surface area contributed by atoms with Crippen molar-refractivity contribution in [2.24, 2.45) is 5.73 Å². The summed E-state index contributed by atoms with van der Waals surface area (Å²) in [6.45, 7) is 1.38. The Kier molecular flexibility index (Phi) is 5.73. The fourth-order valence-electron chi connectivity index (χ4n) is 2.27. The Hall–Kier alpha value is -1.43. The second kappa shape index (κ2) is 7.54. The van der Waals surface area contributed by atoms with Crippen molar-refractivity contribution < 1.29 is 4.74 Å². The van der Waals surface area contributed by atoms with Crippen LogP contribution < -0.4 is 10.5 Å². The van der Waals surface area contributed by atoms with Gasteiger partial charge in [-0.2, -0.15) is 0 Å². The summed E-state index contributed by atoms with van der Waals surface area (Å²) in [4.78, 5) is 6.49. The van der Waals surface area contributed by atoms with E-state index in [4.69, 9.17) is 10.5 Å². The van der Waals surface area contributed by atoms with Gasteiger partial charge >= 0.3 is 0 Å². The van der Waals surface area contributed by atoms with Gasteiger partial charge in [0.05, 0.1) is 7.11 Å². The molecule has 1 atom stereocenters. The fourth-order valence-corrected chi connectivity index (χ4v) is 2.53. The molecule has 112 valence electrons.